The number of phenolic OH excluding ortho intramolecular Hbond substituents is 1. The van der Waals surface area contributed by atoms with E-state index in [-0.39, 0.29) is 17.3 Å². The van der Waals surface area contributed by atoms with E-state index >= 15 is 0 Å². The van der Waals surface area contributed by atoms with Crippen LogP contribution in [0.25, 0.3) is 0 Å². The highest BCUT2D eigenvalue weighted by atomic mass is 16.6. The van der Waals surface area contributed by atoms with Gasteiger partial charge in [-0.05, 0) is 36.8 Å². The van der Waals surface area contributed by atoms with Crippen molar-refractivity contribution < 1.29 is 14.8 Å². The predicted octanol–water partition coefficient (Wildman–Crippen LogP) is 2.54. The summed E-state index contributed by atoms with van der Waals surface area (Å²) < 4.78 is 5.26. The number of hydrogen-bond donors (Lipinski definition) is 2. The predicted molar refractivity (Wildman–Crippen MR) is 81.4 cm³/mol. The molecule has 0 radical (unpaired) electrons. The van der Waals surface area contributed by atoms with E-state index in [1.807, 2.05) is 6.92 Å². The highest BCUT2D eigenvalue weighted by Crippen LogP contribution is 2.26. The number of phenols is 1. The number of nitrogens with one attached hydrogen (secondary N) is 1. The van der Waals surface area contributed by atoms with Crippen LogP contribution in [0.3, 0.4) is 0 Å². The van der Waals surface area contributed by atoms with Gasteiger partial charge in [-0.2, -0.15) is 5.10 Å². The third-order valence-electron chi connectivity index (χ3n) is 2.65. The Kier molecular flexibility index (Phi) is 4.86. The fraction of sp³-hybridized carbons (Fsp3) is 0.143. The molecule has 0 fully saturated rings. The maximum absolute atomic E-state index is 10.8. The van der Waals surface area contributed by atoms with Gasteiger partial charge in [0.1, 0.15) is 0 Å². The maximum atomic E-state index is 10.8. The van der Waals surface area contributed by atoms with Crippen molar-refractivity contribution in [2.45, 2.75) is 6.92 Å². The highest BCUT2D eigenvalue weighted by Gasteiger charge is 2.12. The molecule has 0 aliphatic carbocycles. The van der Waals surface area contributed by atoms with Crippen LogP contribution in [0, 0.1) is 10.1 Å². The molecule has 114 valence electrons. The molecule has 2 N–H and O–H groups in total. The Balaban J connectivity index is 2.13. The third-order valence-corrected chi connectivity index (χ3v) is 2.65. The minimum absolute atomic E-state index is 0.0346. The monoisotopic (exact) mass is 302 g/mol. The van der Waals surface area contributed by atoms with E-state index in [1.54, 1.807) is 12.1 Å². The zero-order valence-electron chi connectivity index (χ0n) is 11.8. The van der Waals surface area contributed by atoms with Crippen molar-refractivity contribution in [1.82, 2.24) is 4.98 Å². The average molecular weight is 302 g/mol. The molecule has 0 unspecified atom stereocenters. The van der Waals surface area contributed by atoms with Crippen LogP contribution in [-0.2, 0) is 0 Å². The van der Waals surface area contributed by atoms with Crippen molar-refractivity contribution in [2.24, 2.45) is 5.10 Å². The van der Waals surface area contributed by atoms with E-state index in [9.17, 15) is 15.2 Å². The summed E-state index contributed by atoms with van der Waals surface area (Å²) in [4.78, 5) is 14.2. The van der Waals surface area contributed by atoms with Crippen molar-refractivity contribution in [3.63, 3.8) is 0 Å². The normalized spacial score (nSPS) is 10.6. The van der Waals surface area contributed by atoms with E-state index in [4.69, 9.17) is 4.74 Å². The summed E-state index contributed by atoms with van der Waals surface area (Å²) in [5, 5.41) is 24.3. The third kappa shape index (κ3) is 3.69. The number of pyridine rings is 1. The zero-order chi connectivity index (χ0) is 15.9. The van der Waals surface area contributed by atoms with Crippen LogP contribution in [0.1, 0.15) is 12.5 Å². The molecule has 1 aromatic carbocycles. The van der Waals surface area contributed by atoms with Gasteiger partial charge >= 0.3 is 5.69 Å². The Morgan fingerprint density at radius 2 is 2.32 bits per heavy atom. The highest BCUT2D eigenvalue weighted by molar-refractivity contribution is 5.81. The first-order chi connectivity index (χ1) is 10.6. The van der Waals surface area contributed by atoms with Crippen molar-refractivity contribution in [3.05, 3.63) is 52.2 Å². The van der Waals surface area contributed by atoms with Gasteiger partial charge in [0.25, 0.3) is 0 Å². The molecule has 1 heterocycles. The topological polar surface area (TPSA) is 110 Å². The van der Waals surface area contributed by atoms with Crippen molar-refractivity contribution in [1.29, 1.82) is 0 Å². The fourth-order valence-corrected chi connectivity index (χ4v) is 1.68. The van der Waals surface area contributed by atoms with Crippen molar-refractivity contribution in [3.8, 4) is 11.5 Å². The number of benzene rings is 1. The first-order valence-corrected chi connectivity index (χ1v) is 6.46. The quantitative estimate of drug-likeness (QED) is 0.482. The standard InChI is InChI=1S/C14H14N4O4/c1-2-22-13-8-10(5-6-12(13)19)9-16-17-14-11(18(20)21)4-3-7-15-14/h3-9,19H,2H2,1H3,(H,15,17)/b16-9-. The van der Waals surface area contributed by atoms with Crippen LogP contribution >= 0.6 is 0 Å². The lowest BCUT2D eigenvalue weighted by Gasteiger charge is -2.06. The van der Waals surface area contributed by atoms with Gasteiger partial charge in [0.15, 0.2) is 11.5 Å². The van der Waals surface area contributed by atoms with Crippen LogP contribution in [-0.4, -0.2) is 27.8 Å². The van der Waals surface area contributed by atoms with E-state index in [0.717, 1.165) is 0 Å². The molecule has 0 saturated carbocycles. The molecule has 2 aromatic rings. The first-order valence-electron chi connectivity index (χ1n) is 6.46. The average Bonchev–Trinajstić information content (AvgIpc) is 2.51. The Labute approximate surface area is 126 Å². The van der Waals surface area contributed by atoms with Gasteiger partial charge < -0.3 is 9.84 Å². The molecule has 0 aliphatic heterocycles. The molecule has 8 heteroatoms. The number of hydrazone groups is 1. The number of nitro groups is 1. The number of ether oxygens (including phenoxy) is 1. The molecular weight excluding hydrogens is 288 g/mol. The molecule has 8 nitrogen and oxygen atoms in total. The first kappa shape index (κ1) is 15.2. The molecule has 1 aromatic heterocycles. The molecule has 0 spiro atoms. The minimum atomic E-state index is -0.543. The summed E-state index contributed by atoms with van der Waals surface area (Å²) in [5.74, 6) is 0.426. The van der Waals surface area contributed by atoms with E-state index in [0.29, 0.717) is 17.9 Å². The summed E-state index contributed by atoms with van der Waals surface area (Å²) in [6.07, 6.45) is 2.87. The lowest BCUT2D eigenvalue weighted by Crippen LogP contribution is -1.99. The second kappa shape index (κ2) is 7.02. The molecule has 0 bridgehead atoms. The van der Waals surface area contributed by atoms with Gasteiger partial charge in [0.2, 0.25) is 5.82 Å². The van der Waals surface area contributed by atoms with Gasteiger partial charge in [-0.1, -0.05) is 0 Å². The SMILES string of the molecule is CCOc1cc(/C=N\Nc2ncccc2[N+](=O)[O-])ccc1O. The molecule has 0 aliphatic rings. The number of aromatic hydroxyl groups is 1. The lowest BCUT2D eigenvalue weighted by atomic mass is 10.2. The van der Waals surface area contributed by atoms with E-state index in [1.165, 1.54) is 30.6 Å². The number of anilines is 1. The Bertz CT molecular complexity index is 703. The molecule has 22 heavy (non-hydrogen) atoms. The Morgan fingerprint density at radius 3 is 3.05 bits per heavy atom. The number of nitrogens with zero attached hydrogens (tertiary/aromatic N) is 3. The molecule has 0 saturated heterocycles. The smallest absolute Gasteiger partial charge is 0.313 e. The summed E-state index contributed by atoms with van der Waals surface area (Å²) in [7, 11) is 0. The van der Waals surface area contributed by atoms with Crippen molar-refractivity contribution in [2.75, 3.05) is 12.0 Å². The molecule has 2 rings (SSSR count). The van der Waals surface area contributed by atoms with Gasteiger partial charge in [-0.3, -0.25) is 15.5 Å². The maximum Gasteiger partial charge on any atom is 0.313 e. The van der Waals surface area contributed by atoms with Gasteiger partial charge in [-0.25, -0.2) is 4.98 Å². The van der Waals surface area contributed by atoms with Gasteiger partial charge in [-0.15, -0.1) is 0 Å². The molecular formula is C14H14N4O4. The van der Waals surface area contributed by atoms with Crippen LogP contribution in [0.15, 0.2) is 41.6 Å². The second-order valence-corrected chi connectivity index (χ2v) is 4.16. The Hall–Kier alpha value is -3.16. The summed E-state index contributed by atoms with van der Waals surface area (Å²) in [5.41, 5.74) is 3.02. The summed E-state index contributed by atoms with van der Waals surface area (Å²) in [6, 6.07) is 7.53. The lowest BCUT2D eigenvalue weighted by molar-refractivity contribution is -0.384. The van der Waals surface area contributed by atoms with Crippen LogP contribution in [0.2, 0.25) is 0 Å². The van der Waals surface area contributed by atoms with Crippen molar-refractivity contribution >= 4 is 17.7 Å². The van der Waals surface area contributed by atoms with E-state index in [2.05, 4.69) is 15.5 Å². The van der Waals surface area contributed by atoms with Gasteiger partial charge in [0.05, 0.1) is 17.7 Å². The van der Waals surface area contributed by atoms with Crippen LogP contribution < -0.4 is 10.2 Å². The number of hydrogen-bond acceptors (Lipinski definition) is 7. The Morgan fingerprint density at radius 1 is 1.50 bits per heavy atom. The van der Waals surface area contributed by atoms with E-state index < -0.39 is 4.92 Å². The molecule has 0 atom stereocenters. The van der Waals surface area contributed by atoms with Gasteiger partial charge in [0, 0.05) is 12.3 Å². The minimum Gasteiger partial charge on any atom is -0.504 e. The second-order valence-electron chi connectivity index (χ2n) is 4.16. The molecule has 0 amide bonds. The van der Waals surface area contributed by atoms with Crippen LogP contribution in [0.4, 0.5) is 11.5 Å². The number of aromatic nitrogens is 1. The largest absolute Gasteiger partial charge is 0.504 e. The zero-order valence-corrected chi connectivity index (χ0v) is 11.8. The summed E-state index contributed by atoms with van der Waals surface area (Å²) >= 11 is 0. The summed E-state index contributed by atoms with van der Waals surface area (Å²) in [6.45, 7) is 2.23. The number of rotatable bonds is 6. The van der Waals surface area contributed by atoms with Crippen LogP contribution in [0.5, 0.6) is 11.5 Å². The fourth-order valence-electron chi connectivity index (χ4n) is 1.68.